The molecule has 8 nitrogen and oxygen atoms in total. The maximum atomic E-state index is 12.1. The van der Waals surface area contributed by atoms with Crippen LogP contribution in [-0.2, 0) is 29.2 Å². The molecule has 11 heteroatoms. The molecule has 1 aromatic carbocycles. The number of benzene rings is 1. The van der Waals surface area contributed by atoms with Crippen LogP contribution in [0.2, 0.25) is 0 Å². The molecular weight excluding hydrogens is 357 g/mol. The number of carbonyl (C=O) groups excluding carboxylic acids is 1. The number of nitrogens with one attached hydrogen (secondary N) is 1. The number of carboxylic acids is 1. The number of amides is 1. The Kier molecular flexibility index (Phi) is 6.28. The summed E-state index contributed by atoms with van der Waals surface area (Å²) in [5, 5.41) is 18.2. The minimum Gasteiger partial charge on any atom is -0.476 e. The third kappa shape index (κ3) is 6.51. The van der Waals surface area contributed by atoms with Crippen LogP contribution in [0.15, 0.2) is 30.5 Å². The number of ether oxygens (including phenoxy) is 1. The van der Waals surface area contributed by atoms with Crippen molar-refractivity contribution in [3.8, 4) is 0 Å². The number of hydrogen-bond donors (Lipinski definition) is 2. The summed E-state index contributed by atoms with van der Waals surface area (Å²) in [6.45, 7) is -1.59. The first-order chi connectivity index (χ1) is 12.2. The lowest BCUT2D eigenvalue weighted by molar-refractivity contribution is -0.176. The Balaban J connectivity index is 1.81. The van der Waals surface area contributed by atoms with Crippen molar-refractivity contribution in [1.29, 1.82) is 0 Å². The van der Waals surface area contributed by atoms with Gasteiger partial charge in [0.1, 0.15) is 13.2 Å². The van der Waals surface area contributed by atoms with E-state index in [1.165, 1.54) is 0 Å². The Hall–Kier alpha value is -2.95. The Labute approximate surface area is 145 Å². The average molecular weight is 372 g/mol. The number of rotatable bonds is 8. The Morgan fingerprint density at radius 3 is 2.65 bits per heavy atom. The number of carboxylic acid groups (broad SMARTS) is 1. The zero-order chi connectivity index (χ0) is 19.2. The largest absolute Gasteiger partial charge is 0.476 e. The van der Waals surface area contributed by atoms with Crippen LogP contribution in [0.1, 0.15) is 21.6 Å². The minimum absolute atomic E-state index is 0.145. The molecule has 1 amide bonds. The van der Waals surface area contributed by atoms with Crippen LogP contribution < -0.4 is 5.32 Å². The first-order valence-corrected chi connectivity index (χ1v) is 7.35. The van der Waals surface area contributed by atoms with Crippen LogP contribution in [-0.4, -0.2) is 44.8 Å². The van der Waals surface area contributed by atoms with Crippen molar-refractivity contribution in [2.24, 2.45) is 0 Å². The van der Waals surface area contributed by atoms with Gasteiger partial charge in [0.2, 0.25) is 5.91 Å². The average Bonchev–Trinajstić information content (AvgIpc) is 3.01. The third-order valence-corrected chi connectivity index (χ3v) is 3.08. The monoisotopic (exact) mass is 372 g/mol. The van der Waals surface area contributed by atoms with Crippen molar-refractivity contribution in [3.05, 3.63) is 47.3 Å². The highest BCUT2D eigenvalue weighted by Gasteiger charge is 2.27. The molecule has 0 spiro atoms. The Morgan fingerprint density at radius 1 is 1.27 bits per heavy atom. The maximum Gasteiger partial charge on any atom is 0.411 e. The van der Waals surface area contributed by atoms with Crippen LogP contribution >= 0.6 is 0 Å². The van der Waals surface area contributed by atoms with Gasteiger partial charge in [0, 0.05) is 6.54 Å². The second-order valence-electron chi connectivity index (χ2n) is 5.31. The summed E-state index contributed by atoms with van der Waals surface area (Å²) in [5.41, 5.74) is 0.948. The molecule has 140 valence electrons. The topological polar surface area (TPSA) is 106 Å². The fraction of sp³-hybridized carbons (Fsp3) is 0.333. The molecule has 0 aliphatic rings. The third-order valence-electron chi connectivity index (χ3n) is 3.08. The summed E-state index contributed by atoms with van der Waals surface area (Å²) in [5.74, 6) is -1.67. The van der Waals surface area contributed by atoms with E-state index < -0.39 is 24.7 Å². The van der Waals surface area contributed by atoms with Crippen molar-refractivity contribution in [3.63, 3.8) is 0 Å². The lowest BCUT2D eigenvalue weighted by Gasteiger charge is -2.09. The molecule has 2 aromatic rings. The summed E-state index contributed by atoms with van der Waals surface area (Å²) in [7, 11) is 0. The van der Waals surface area contributed by atoms with E-state index in [2.05, 4.69) is 20.4 Å². The Bertz CT molecular complexity index is 776. The zero-order valence-corrected chi connectivity index (χ0v) is 13.4. The molecule has 2 N–H and O–H groups in total. The normalized spacial score (nSPS) is 11.3. The Morgan fingerprint density at radius 2 is 2.00 bits per heavy atom. The lowest BCUT2D eigenvalue weighted by atomic mass is 10.1. The first kappa shape index (κ1) is 19.4. The van der Waals surface area contributed by atoms with Crippen molar-refractivity contribution in [1.82, 2.24) is 20.3 Å². The second kappa shape index (κ2) is 8.43. The van der Waals surface area contributed by atoms with Crippen molar-refractivity contribution in [2.75, 3.05) is 6.61 Å². The highest BCUT2D eigenvalue weighted by molar-refractivity contribution is 5.84. The molecule has 0 aliphatic heterocycles. The number of alkyl halides is 3. The molecule has 0 bridgehead atoms. The number of halogens is 3. The van der Waals surface area contributed by atoms with Gasteiger partial charge < -0.3 is 15.2 Å². The number of hydrogen-bond acceptors (Lipinski definition) is 5. The molecule has 0 fully saturated rings. The van der Waals surface area contributed by atoms with Gasteiger partial charge in [-0.15, -0.1) is 5.10 Å². The van der Waals surface area contributed by atoms with Gasteiger partial charge in [-0.05, 0) is 11.1 Å². The number of carbonyl (C=O) groups is 2. The molecule has 2 rings (SSSR count). The number of aromatic nitrogens is 3. The van der Waals surface area contributed by atoms with Crippen molar-refractivity contribution < 1.29 is 32.6 Å². The van der Waals surface area contributed by atoms with Gasteiger partial charge >= 0.3 is 12.1 Å². The van der Waals surface area contributed by atoms with Gasteiger partial charge in [-0.2, -0.15) is 13.2 Å². The summed E-state index contributed by atoms with van der Waals surface area (Å²) < 4.78 is 41.8. The molecule has 0 unspecified atom stereocenters. The molecule has 0 saturated heterocycles. The molecule has 0 saturated carbocycles. The van der Waals surface area contributed by atoms with Gasteiger partial charge in [-0.25, -0.2) is 9.48 Å². The van der Waals surface area contributed by atoms with Crippen LogP contribution in [0.25, 0.3) is 0 Å². The van der Waals surface area contributed by atoms with Crippen LogP contribution in [0, 0.1) is 0 Å². The molecule has 26 heavy (non-hydrogen) atoms. The van der Waals surface area contributed by atoms with E-state index in [0.717, 1.165) is 10.9 Å². The van der Waals surface area contributed by atoms with Crippen molar-refractivity contribution in [2.45, 2.75) is 25.9 Å². The smallest absolute Gasteiger partial charge is 0.411 e. The van der Waals surface area contributed by atoms with E-state index >= 15 is 0 Å². The minimum atomic E-state index is -4.38. The highest BCUT2D eigenvalue weighted by Crippen LogP contribution is 2.16. The summed E-state index contributed by atoms with van der Waals surface area (Å²) in [6, 6.07) is 6.58. The predicted octanol–water partition coefficient (Wildman–Crippen LogP) is 1.37. The summed E-state index contributed by atoms with van der Waals surface area (Å²) >= 11 is 0. The molecule has 0 aliphatic carbocycles. The second-order valence-corrected chi connectivity index (χ2v) is 5.31. The van der Waals surface area contributed by atoms with Gasteiger partial charge in [0.25, 0.3) is 0 Å². The quantitative estimate of drug-likeness (QED) is 0.725. The lowest BCUT2D eigenvalue weighted by Crippen LogP contribution is -2.27. The van der Waals surface area contributed by atoms with Crippen LogP contribution in [0.5, 0.6) is 0 Å². The van der Waals surface area contributed by atoms with Crippen LogP contribution in [0.3, 0.4) is 0 Å². The molecule has 0 radical (unpaired) electrons. The van der Waals surface area contributed by atoms with Gasteiger partial charge in [-0.1, -0.05) is 29.5 Å². The SMILES string of the molecule is O=C(Cn1cc(C(=O)O)nn1)NCc1cccc(COCC(F)(F)F)c1. The molecule has 1 aromatic heterocycles. The number of nitrogens with zero attached hydrogens (tertiary/aromatic N) is 3. The first-order valence-electron chi connectivity index (χ1n) is 7.35. The van der Waals surface area contributed by atoms with Crippen molar-refractivity contribution >= 4 is 11.9 Å². The van der Waals surface area contributed by atoms with E-state index in [1.54, 1.807) is 24.3 Å². The van der Waals surface area contributed by atoms with Crippen LogP contribution in [0.4, 0.5) is 13.2 Å². The standard InChI is InChI=1S/C15H15F3N4O4/c16-15(17,18)9-26-8-11-3-1-2-10(4-11)5-19-13(23)7-22-6-12(14(24)25)20-21-22/h1-4,6H,5,7-9H2,(H,19,23)(H,24,25). The van der Waals surface area contributed by atoms with Gasteiger partial charge in [-0.3, -0.25) is 4.79 Å². The van der Waals surface area contributed by atoms with E-state index in [0.29, 0.717) is 11.1 Å². The zero-order valence-electron chi connectivity index (χ0n) is 13.4. The van der Waals surface area contributed by atoms with Gasteiger partial charge in [0.05, 0.1) is 12.8 Å². The molecule has 0 atom stereocenters. The maximum absolute atomic E-state index is 12.1. The van der Waals surface area contributed by atoms with E-state index in [9.17, 15) is 22.8 Å². The number of aromatic carboxylic acids is 1. The molecular formula is C15H15F3N4O4. The summed E-state index contributed by atoms with van der Waals surface area (Å²) in [4.78, 5) is 22.5. The summed E-state index contributed by atoms with van der Waals surface area (Å²) in [6.07, 6.45) is -3.26. The highest BCUT2D eigenvalue weighted by atomic mass is 19.4. The van der Waals surface area contributed by atoms with Gasteiger partial charge in [0.15, 0.2) is 5.69 Å². The van der Waals surface area contributed by atoms with E-state index in [4.69, 9.17) is 5.11 Å². The fourth-order valence-electron chi connectivity index (χ4n) is 1.99. The molecule has 1 heterocycles. The fourth-order valence-corrected chi connectivity index (χ4v) is 1.99. The predicted molar refractivity (Wildman–Crippen MR) is 81.0 cm³/mol. The van der Waals surface area contributed by atoms with E-state index in [-0.39, 0.29) is 25.4 Å². The van der Waals surface area contributed by atoms with E-state index in [1.807, 2.05) is 0 Å².